The number of carbonyl (C=O) groups excluding carboxylic acids is 1. The fourth-order valence-corrected chi connectivity index (χ4v) is 2.36. The predicted octanol–water partition coefficient (Wildman–Crippen LogP) is 3.25. The van der Waals surface area contributed by atoms with Crippen LogP contribution < -0.4 is 5.32 Å². The minimum Gasteiger partial charge on any atom is -0.353 e. The van der Waals surface area contributed by atoms with Gasteiger partial charge >= 0.3 is 6.03 Å². The van der Waals surface area contributed by atoms with Crippen LogP contribution in [0.25, 0.3) is 0 Å². The number of nitrogens with zero attached hydrogens (tertiary/aromatic N) is 2. The molecule has 6 heteroatoms. The molecular formula is C17H21F2N3O. The number of aryl methyl sites for hydroxylation is 1. The van der Waals surface area contributed by atoms with Crippen LogP contribution in [0.4, 0.5) is 13.6 Å². The molecule has 1 aromatic heterocycles. The SMILES string of the molecule is C[C@H](CNC(=O)N(C)Cc1cccn1C)c1ccc(F)cc1F. The summed E-state index contributed by atoms with van der Waals surface area (Å²) in [6, 6.07) is 7.11. The van der Waals surface area contributed by atoms with Gasteiger partial charge in [-0.2, -0.15) is 0 Å². The third-order valence-electron chi connectivity index (χ3n) is 3.85. The minimum absolute atomic E-state index is 0.236. The number of carbonyl (C=O) groups is 1. The highest BCUT2D eigenvalue weighted by atomic mass is 19.1. The fraction of sp³-hybridized carbons (Fsp3) is 0.353. The van der Waals surface area contributed by atoms with Gasteiger partial charge in [-0.25, -0.2) is 13.6 Å². The Labute approximate surface area is 134 Å². The van der Waals surface area contributed by atoms with Crippen LogP contribution in [0, 0.1) is 11.6 Å². The molecule has 0 aliphatic rings. The first-order valence-electron chi connectivity index (χ1n) is 7.42. The van der Waals surface area contributed by atoms with E-state index in [2.05, 4.69) is 5.32 Å². The molecule has 1 N–H and O–H groups in total. The van der Waals surface area contributed by atoms with Crippen molar-refractivity contribution < 1.29 is 13.6 Å². The van der Waals surface area contributed by atoms with Gasteiger partial charge in [-0.3, -0.25) is 0 Å². The van der Waals surface area contributed by atoms with Crippen molar-refractivity contribution in [3.8, 4) is 0 Å². The zero-order valence-corrected chi connectivity index (χ0v) is 13.5. The van der Waals surface area contributed by atoms with Crippen LogP contribution in [0.3, 0.4) is 0 Å². The first-order chi connectivity index (χ1) is 10.9. The quantitative estimate of drug-likeness (QED) is 0.902. The van der Waals surface area contributed by atoms with E-state index in [0.717, 1.165) is 11.8 Å². The molecule has 23 heavy (non-hydrogen) atoms. The Kier molecular flexibility index (Phi) is 5.36. The number of halogens is 2. The summed E-state index contributed by atoms with van der Waals surface area (Å²) in [4.78, 5) is 13.7. The van der Waals surface area contributed by atoms with Crippen molar-refractivity contribution >= 4 is 6.03 Å². The number of aromatic nitrogens is 1. The van der Waals surface area contributed by atoms with E-state index < -0.39 is 11.6 Å². The number of hydrogen-bond donors (Lipinski definition) is 1. The van der Waals surface area contributed by atoms with E-state index in [-0.39, 0.29) is 18.5 Å². The Morgan fingerprint density at radius 3 is 2.70 bits per heavy atom. The summed E-state index contributed by atoms with van der Waals surface area (Å²) >= 11 is 0. The molecule has 2 aromatic rings. The van der Waals surface area contributed by atoms with Gasteiger partial charge in [0.05, 0.1) is 6.54 Å². The lowest BCUT2D eigenvalue weighted by molar-refractivity contribution is 0.205. The monoisotopic (exact) mass is 321 g/mol. The molecule has 0 spiro atoms. The highest BCUT2D eigenvalue weighted by Crippen LogP contribution is 2.19. The molecule has 0 saturated heterocycles. The van der Waals surface area contributed by atoms with Crippen molar-refractivity contribution in [2.24, 2.45) is 7.05 Å². The number of hydrogen-bond acceptors (Lipinski definition) is 1. The molecule has 0 aliphatic carbocycles. The Bertz CT molecular complexity index is 684. The Morgan fingerprint density at radius 2 is 2.09 bits per heavy atom. The van der Waals surface area contributed by atoms with Crippen molar-refractivity contribution in [3.05, 3.63) is 59.4 Å². The molecule has 124 valence electrons. The summed E-state index contributed by atoms with van der Waals surface area (Å²) in [5.41, 5.74) is 1.40. The summed E-state index contributed by atoms with van der Waals surface area (Å²) in [5, 5.41) is 2.77. The molecule has 0 fully saturated rings. The average Bonchev–Trinajstić information content (AvgIpc) is 2.89. The molecular weight excluding hydrogens is 300 g/mol. The van der Waals surface area contributed by atoms with Gasteiger partial charge in [-0.15, -0.1) is 0 Å². The maximum absolute atomic E-state index is 13.7. The van der Waals surface area contributed by atoms with E-state index in [4.69, 9.17) is 0 Å². The van der Waals surface area contributed by atoms with Gasteiger partial charge in [0.1, 0.15) is 11.6 Å². The van der Waals surface area contributed by atoms with Crippen LogP contribution in [0.2, 0.25) is 0 Å². The van der Waals surface area contributed by atoms with E-state index in [9.17, 15) is 13.6 Å². The zero-order chi connectivity index (χ0) is 17.0. The van der Waals surface area contributed by atoms with Gasteiger partial charge < -0.3 is 14.8 Å². The maximum atomic E-state index is 13.7. The Balaban J connectivity index is 1.89. The molecule has 0 aliphatic heterocycles. The molecule has 0 unspecified atom stereocenters. The van der Waals surface area contributed by atoms with Gasteiger partial charge in [0.25, 0.3) is 0 Å². The smallest absolute Gasteiger partial charge is 0.317 e. The number of nitrogens with one attached hydrogen (secondary N) is 1. The van der Waals surface area contributed by atoms with Crippen molar-refractivity contribution in [2.75, 3.05) is 13.6 Å². The summed E-state index contributed by atoms with van der Waals surface area (Å²) in [5.74, 6) is -1.45. The van der Waals surface area contributed by atoms with Gasteiger partial charge in [0.15, 0.2) is 0 Å². The van der Waals surface area contributed by atoms with Crippen LogP contribution in [0.5, 0.6) is 0 Å². The summed E-state index contributed by atoms with van der Waals surface area (Å²) < 4.78 is 28.6. The lowest BCUT2D eigenvalue weighted by Crippen LogP contribution is -2.38. The largest absolute Gasteiger partial charge is 0.353 e. The third-order valence-corrected chi connectivity index (χ3v) is 3.85. The van der Waals surface area contributed by atoms with Crippen LogP contribution in [-0.2, 0) is 13.6 Å². The lowest BCUT2D eigenvalue weighted by Gasteiger charge is -2.20. The average molecular weight is 321 g/mol. The van der Waals surface area contributed by atoms with E-state index >= 15 is 0 Å². The number of amides is 2. The molecule has 0 radical (unpaired) electrons. The molecule has 1 atom stereocenters. The number of rotatable bonds is 5. The maximum Gasteiger partial charge on any atom is 0.317 e. The van der Waals surface area contributed by atoms with Crippen LogP contribution in [0.1, 0.15) is 24.1 Å². The van der Waals surface area contributed by atoms with Crippen LogP contribution in [0.15, 0.2) is 36.5 Å². The molecule has 2 amide bonds. The van der Waals surface area contributed by atoms with Crippen molar-refractivity contribution in [2.45, 2.75) is 19.4 Å². The van der Waals surface area contributed by atoms with Gasteiger partial charge in [0.2, 0.25) is 0 Å². The van der Waals surface area contributed by atoms with Crippen LogP contribution in [-0.4, -0.2) is 29.1 Å². The summed E-state index contributed by atoms with van der Waals surface area (Å²) in [7, 11) is 3.62. The standard InChI is InChI=1S/C17H21F2N3O/c1-12(15-7-6-13(18)9-16(15)19)10-20-17(23)22(3)11-14-5-4-8-21(14)2/h4-9,12H,10-11H2,1-3H3,(H,20,23)/t12-/m1/s1. The van der Waals surface area contributed by atoms with Crippen molar-refractivity contribution in [3.63, 3.8) is 0 Å². The second-order valence-corrected chi connectivity index (χ2v) is 5.72. The summed E-state index contributed by atoms with van der Waals surface area (Å²) in [6.07, 6.45) is 1.92. The van der Waals surface area contributed by atoms with E-state index in [1.54, 1.807) is 18.9 Å². The minimum atomic E-state index is -0.607. The van der Waals surface area contributed by atoms with Gasteiger partial charge in [-0.1, -0.05) is 13.0 Å². The second kappa shape index (κ2) is 7.26. The molecule has 0 saturated carbocycles. The Hall–Kier alpha value is -2.37. The first-order valence-corrected chi connectivity index (χ1v) is 7.42. The lowest BCUT2D eigenvalue weighted by atomic mass is 10.0. The van der Waals surface area contributed by atoms with Crippen molar-refractivity contribution in [1.29, 1.82) is 0 Å². The normalized spacial score (nSPS) is 12.0. The van der Waals surface area contributed by atoms with E-state index in [1.165, 1.54) is 12.1 Å². The first kappa shape index (κ1) is 17.0. The highest BCUT2D eigenvalue weighted by molar-refractivity contribution is 5.73. The number of urea groups is 1. The molecule has 1 heterocycles. The third kappa shape index (κ3) is 4.31. The van der Waals surface area contributed by atoms with Crippen molar-refractivity contribution in [1.82, 2.24) is 14.8 Å². The van der Waals surface area contributed by atoms with E-state index in [1.807, 2.05) is 29.9 Å². The predicted molar refractivity (Wildman–Crippen MR) is 85.1 cm³/mol. The number of benzene rings is 1. The van der Waals surface area contributed by atoms with Crippen LogP contribution >= 0.6 is 0 Å². The molecule has 4 nitrogen and oxygen atoms in total. The van der Waals surface area contributed by atoms with Gasteiger partial charge in [-0.05, 0) is 23.8 Å². The highest BCUT2D eigenvalue weighted by Gasteiger charge is 2.15. The Morgan fingerprint density at radius 1 is 1.35 bits per heavy atom. The topological polar surface area (TPSA) is 37.3 Å². The zero-order valence-electron chi connectivity index (χ0n) is 13.5. The van der Waals surface area contributed by atoms with E-state index in [0.29, 0.717) is 12.1 Å². The molecule has 0 bridgehead atoms. The fourth-order valence-electron chi connectivity index (χ4n) is 2.36. The summed E-state index contributed by atoms with van der Waals surface area (Å²) in [6.45, 7) is 2.54. The second-order valence-electron chi connectivity index (χ2n) is 5.72. The molecule has 2 rings (SSSR count). The molecule has 1 aromatic carbocycles. The van der Waals surface area contributed by atoms with Gasteiger partial charge in [0, 0.05) is 44.5 Å².